The van der Waals surface area contributed by atoms with Gasteiger partial charge in [-0.15, -0.1) is 0 Å². The number of amides is 3. The lowest BCUT2D eigenvalue weighted by Crippen LogP contribution is -2.50. The van der Waals surface area contributed by atoms with Crippen LogP contribution in [0.25, 0.3) is 0 Å². The van der Waals surface area contributed by atoms with E-state index in [0.717, 1.165) is 37.8 Å². The third kappa shape index (κ3) is 3.28. The number of hydrogen-bond acceptors (Lipinski definition) is 3. The van der Waals surface area contributed by atoms with Crippen LogP contribution in [0.5, 0.6) is 0 Å². The van der Waals surface area contributed by atoms with Gasteiger partial charge in [-0.3, -0.25) is 9.69 Å². The Labute approximate surface area is 127 Å². The Morgan fingerprint density at radius 3 is 2.57 bits per heavy atom. The summed E-state index contributed by atoms with van der Waals surface area (Å²) in [5.74, 6) is 0.601. The van der Waals surface area contributed by atoms with Crippen LogP contribution in [0.3, 0.4) is 0 Å². The van der Waals surface area contributed by atoms with Crippen molar-refractivity contribution in [1.82, 2.24) is 15.1 Å². The first-order chi connectivity index (χ1) is 9.88. The van der Waals surface area contributed by atoms with Gasteiger partial charge in [-0.25, -0.2) is 9.69 Å². The summed E-state index contributed by atoms with van der Waals surface area (Å²) in [6.07, 6.45) is 3.54. The highest BCUT2D eigenvalue weighted by Crippen LogP contribution is 2.36. The molecule has 1 aliphatic carbocycles. The molecule has 1 saturated heterocycles. The number of rotatable bonds is 5. The van der Waals surface area contributed by atoms with Gasteiger partial charge in [0.15, 0.2) is 0 Å². The van der Waals surface area contributed by atoms with Gasteiger partial charge >= 0.3 is 6.03 Å². The zero-order valence-corrected chi connectivity index (χ0v) is 13.4. The fourth-order valence-electron chi connectivity index (χ4n) is 3.24. The van der Waals surface area contributed by atoms with Gasteiger partial charge in [-0.2, -0.15) is 0 Å². The zero-order chi connectivity index (χ0) is 15.6. The van der Waals surface area contributed by atoms with Crippen molar-refractivity contribution >= 4 is 11.9 Å². The van der Waals surface area contributed by atoms with Gasteiger partial charge in [-0.05, 0) is 45.1 Å². The van der Waals surface area contributed by atoms with Gasteiger partial charge in [0.25, 0.3) is 5.91 Å². The van der Waals surface area contributed by atoms with E-state index in [1.807, 2.05) is 13.8 Å². The fourth-order valence-corrected chi connectivity index (χ4v) is 3.24. The van der Waals surface area contributed by atoms with E-state index in [1.165, 1.54) is 4.90 Å². The molecule has 118 valence electrons. The molecule has 2 fully saturated rings. The van der Waals surface area contributed by atoms with Crippen LogP contribution in [0.15, 0.2) is 12.2 Å². The predicted octanol–water partition coefficient (Wildman–Crippen LogP) is 2.34. The number of carbonyl (C=O) groups excluding carboxylic acids is 2. The molecule has 21 heavy (non-hydrogen) atoms. The van der Waals surface area contributed by atoms with Crippen LogP contribution in [-0.2, 0) is 4.79 Å². The quantitative estimate of drug-likeness (QED) is 0.625. The van der Waals surface area contributed by atoms with E-state index >= 15 is 0 Å². The molecule has 2 aliphatic rings. The first-order valence-corrected chi connectivity index (χ1v) is 7.89. The van der Waals surface area contributed by atoms with E-state index < -0.39 is 5.54 Å². The first kappa shape index (κ1) is 16.0. The van der Waals surface area contributed by atoms with Crippen molar-refractivity contribution < 1.29 is 9.59 Å². The SMILES string of the molecule is C=C(C)CN(CC)CN1C(=O)NC2(CCC(C)CC2)C1=O. The summed E-state index contributed by atoms with van der Waals surface area (Å²) < 4.78 is 0. The molecule has 3 amide bonds. The maximum Gasteiger partial charge on any atom is 0.326 e. The van der Waals surface area contributed by atoms with Crippen molar-refractivity contribution in [2.45, 2.75) is 52.0 Å². The number of hydrogen-bond donors (Lipinski definition) is 1. The largest absolute Gasteiger partial charge is 0.326 e. The van der Waals surface area contributed by atoms with Gasteiger partial charge in [-0.1, -0.05) is 26.0 Å². The van der Waals surface area contributed by atoms with Gasteiger partial charge in [0, 0.05) is 6.54 Å². The van der Waals surface area contributed by atoms with E-state index in [-0.39, 0.29) is 11.9 Å². The van der Waals surface area contributed by atoms with Crippen LogP contribution in [-0.4, -0.2) is 47.0 Å². The molecule has 0 radical (unpaired) electrons. The molecule has 5 nitrogen and oxygen atoms in total. The van der Waals surface area contributed by atoms with Crippen LogP contribution < -0.4 is 5.32 Å². The first-order valence-electron chi connectivity index (χ1n) is 7.89. The summed E-state index contributed by atoms with van der Waals surface area (Å²) in [7, 11) is 0. The smallest absolute Gasteiger partial charge is 0.323 e. The minimum Gasteiger partial charge on any atom is -0.323 e. The molecule has 5 heteroatoms. The third-order valence-electron chi connectivity index (χ3n) is 4.66. The summed E-state index contributed by atoms with van der Waals surface area (Å²) in [5.41, 5.74) is 0.400. The number of imide groups is 1. The molecule has 0 bridgehead atoms. The van der Waals surface area contributed by atoms with Gasteiger partial charge in [0.1, 0.15) is 5.54 Å². The minimum absolute atomic E-state index is 0.0421. The molecule has 1 N–H and O–H groups in total. The molecule has 0 atom stereocenters. The molecule has 2 rings (SSSR count). The summed E-state index contributed by atoms with van der Waals surface area (Å²) in [5, 5.41) is 2.96. The lowest BCUT2D eigenvalue weighted by molar-refractivity contribution is -0.134. The standard InChI is InChI=1S/C16H27N3O2/c1-5-18(10-12(2)3)11-19-14(20)16(17-15(19)21)8-6-13(4)7-9-16/h13H,2,5-11H2,1,3-4H3,(H,17,21). The molecule has 1 saturated carbocycles. The molecular formula is C16H27N3O2. The molecule has 0 aromatic rings. The van der Waals surface area contributed by atoms with Gasteiger partial charge in [0.2, 0.25) is 0 Å². The average Bonchev–Trinajstić information content (AvgIpc) is 2.65. The van der Waals surface area contributed by atoms with Crippen molar-refractivity contribution in [3.05, 3.63) is 12.2 Å². The van der Waals surface area contributed by atoms with E-state index in [9.17, 15) is 9.59 Å². The van der Waals surface area contributed by atoms with Gasteiger partial charge in [0.05, 0.1) is 6.67 Å². The lowest BCUT2D eigenvalue weighted by Gasteiger charge is -2.34. The summed E-state index contributed by atoms with van der Waals surface area (Å²) >= 11 is 0. The van der Waals surface area contributed by atoms with E-state index in [1.54, 1.807) is 0 Å². The lowest BCUT2D eigenvalue weighted by atomic mass is 9.77. The van der Waals surface area contributed by atoms with Crippen molar-refractivity contribution in [2.24, 2.45) is 5.92 Å². The average molecular weight is 293 g/mol. The summed E-state index contributed by atoms with van der Waals surface area (Å²) in [4.78, 5) is 28.4. The fraction of sp³-hybridized carbons (Fsp3) is 0.750. The second-order valence-electron chi connectivity index (χ2n) is 6.67. The number of nitrogens with one attached hydrogen (secondary N) is 1. The topological polar surface area (TPSA) is 52.6 Å². The van der Waals surface area contributed by atoms with Crippen molar-refractivity contribution in [1.29, 1.82) is 0 Å². The van der Waals surface area contributed by atoms with Crippen LogP contribution in [0, 0.1) is 5.92 Å². The Kier molecular flexibility index (Phi) is 4.71. The van der Waals surface area contributed by atoms with E-state index in [4.69, 9.17) is 0 Å². The highest BCUT2D eigenvalue weighted by molar-refractivity contribution is 6.07. The van der Waals surface area contributed by atoms with Crippen LogP contribution in [0.2, 0.25) is 0 Å². The summed E-state index contributed by atoms with van der Waals surface area (Å²) in [6, 6.07) is -0.241. The second-order valence-corrected chi connectivity index (χ2v) is 6.67. The van der Waals surface area contributed by atoms with E-state index in [0.29, 0.717) is 19.1 Å². The number of urea groups is 1. The Bertz CT molecular complexity index is 439. The molecule has 0 unspecified atom stereocenters. The molecule has 1 spiro atoms. The molecule has 0 aromatic carbocycles. The maximum absolute atomic E-state index is 12.7. The van der Waals surface area contributed by atoms with Crippen molar-refractivity contribution in [3.8, 4) is 0 Å². The van der Waals surface area contributed by atoms with E-state index in [2.05, 4.69) is 23.7 Å². The van der Waals surface area contributed by atoms with Crippen LogP contribution in [0.1, 0.15) is 46.5 Å². The van der Waals surface area contributed by atoms with Crippen LogP contribution >= 0.6 is 0 Å². The highest BCUT2D eigenvalue weighted by atomic mass is 16.2. The minimum atomic E-state index is -0.633. The highest BCUT2D eigenvalue weighted by Gasteiger charge is 2.52. The van der Waals surface area contributed by atoms with Crippen molar-refractivity contribution in [3.63, 3.8) is 0 Å². The number of likely N-dealkylation sites (N-methyl/N-ethyl adjacent to an activating group) is 1. The normalized spacial score (nSPS) is 29.3. The number of nitrogens with zero attached hydrogens (tertiary/aromatic N) is 2. The third-order valence-corrected chi connectivity index (χ3v) is 4.66. The Morgan fingerprint density at radius 1 is 1.43 bits per heavy atom. The predicted molar refractivity (Wildman–Crippen MR) is 82.7 cm³/mol. The molecule has 1 aliphatic heterocycles. The molecular weight excluding hydrogens is 266 g/mol. The molecule has 0 aromatic heterocycles. The maximum atomic E-state index is 12.7. The van der Waals surface area contributed by atoms with Crippen molar-refractivity contribution in [2.75, 3.05) is 19.8 Å². The van der Waals surface area contributed by atoms with Gasteiger partial charge < -0.3 is 5.32 Å². The number of carbonyl (C=O) groups is 2. The second kappa shape index (κ2) is 6.18. The Hall–Kier alpha value is -1.36. The Morgan fingerprint density at radius 2 is 2.05 bits per heavy atom. The zero-order valence-electron chi connectivity index (χ0n) is 13.4. The monoisotopic (exact) mass is 293 g/mol. The Balaban J connectivity index is 2.06. The summed E-state index contributed by atoms with van der Waals surface area (Å²) in [6.45, 7) is 11.9. The van der Waals surface area contributed by atoms with Crippen LogP contribution in [0.4, 0.5) is 4.79 Å². The molecule has 1 heterocycles.